The van der Waals surface area contributed by atoms with Crippen LogP contribution in [0.5, 0.6) is 0 Å². The highest BCUT2D eigenvalue weighted by molar-refractivity contribution is 5.99. The third kappa shape index (κ3) is 4.17. The third-order valence-corrected chi connectivity index (χ3v) is 3.16. The molecule has 0 aliphatic carbocycles. The molecule has 4 heteroatoms. The van der Waals surface area contributed by atoms with Gasteiger partial charge in [0.1, 0.15) is 18.3 Å². The van der Waals surface area contributed by atoms with Gasteiger partial charge in [0.15, 0.2) is 0 Å². The summed E-state index contributed by atoms with van der Waals surface area (Å²) in [6.45, 7) is 1.25. The molecule has 4 nitrogen and oxygen atoms in total. The normalized spacial score (nSPS) is 20.4. The molecule has 1 atom stereocenters. The number of ether oxygens (including phenoxy) is 2. The smallest absolute Gasteiger partial charge is 0.316 e. The summed E-state index contributed by atoms with van der Waals surface area (Å²) in [7, 11) is 0. The van der Waals surface area contributed by atoms with Gasteiger partial charge in [-0.25, -0.2) is 0 Å². The van der Waals surface area contributed by atoms with Crippen LogP contribution >= 0.6 is 0 Å². The van der Waals surface area contributed by atoms with Gasteiger partial charge >= 0.3 is 5.97 Å². The minimum atomic E-state index is -0.663. The third-order valence-electron chi connectivity index (χ3n) is 3.16. The highest BCUT2D eigenvalue weighted by Gasteiger charge is 2.28. The van der Waals surface area contributed by atoms with Crippen molar-refractivity contribution >= 4 is 11.8 Å². The lowest BCUT2D eigenvalue weighted by Crippen LogP contribution is -2.29. The lowest BCUT2D eigenvalue weighted by molar-refractivity contribution is -0.154. The number of carbonyl (C=O) groups is 2. The average Bonchev–Trinajstić information content (AvgIpc) is 2.42. The van der Waals surface area contributed by atoms with Gasteiger partial charge in [-0.3, -0.25) is 9.59 Å². The number of ketones is 1. The predicted molar refractivity (Wildman–Crippen MR) is 69.4 cm³/mol. The SMILES string of the molecule is O=C1CCCOCCC1C(=O)OCc1ccccc1. The molecule has 0 N–H and O–H groups in total. The van der Waals surface area contributed by atoms with Crippen LogP contribution in [0.1, 0.15) is 24.8 Å². The van der Waals surface area contributed by atoms with Crippen molar-refractivity contribution in [2.75, 3.05) is 13.2 Å². The van der Waals surface area contributed by atoms with Gasteiger partial charge in [-0.15, -0.1) is 0 Å². The van der Waals surface area contributed by atoms with Crippen LogP contribution < -0.4 is 0 Å². The Morgan fingerprint density at radius 2 is 2.05 bits per heavy atom. The molecule has 19 heavy (non-hydrogen) atoms. The first kappa shape index (κ1) is 13.7. The highest BCUT2D eigenvalue weighted by Crippen LogP contribution is 2.15. The van der Waals surface area contributed by atoms with Crippen LogP contribution in [0.3, 0.4) is 0 Å². The summed E-state index contributed by atoms with van der Waals surface area (Å²) in [5.74, 6) is -1.12. The largest absolute Gasteiger partial charge is 0.460 e. The molecular formula is C15H18O4. The van der Waals surface area contributed by atoms with E-state index in [1.54, 1.807) is 0 Å². The van der Waals surface area contributed by atoms with Gasteiger partial charge < -0.3 is 9.47 Å². The molecule has 1 aliphatic heterocycles. The van der Waals surface area contributed by atoms with Crippen LogP contribution in [-0.4, -0.2) is 25.0 Å². The van der Waals surface area contributed by atoms with E-state index in [-0.39, 0.29) is 12.4 Å². The van der Waals surface area contributed by atoms with Crippen molar-refractivity contribution in [1.82, 2.24) is 0 Å². The summed E-state index contributed by atoms with van der Waals surface area (Å²) in [6, 6.07) is 9.45. The zero-order chi connectivity index (χ0) is 13.5. The molecule has 0 bridgehead atoms. The van der Waals surface area contributed by atoms with E-state index in [4.69, 9.17) is 9.47 Å². The van der Waals surface area contributed by atoms with Crippen molar-refractivity contribution in [3.05, 3.63) is 35.9 Å². The summed E-state index contributed by atoms with van der Waals surface area (Å²) in [4.78, 5) is 23.8. The number of esters is 1. The van der Waals surface area contributed by atoms with Crippen LogP contribution in [-0.2, 0) is 25.7 Å². The van der Waals surface area contributed by atoms with Gasteiger partial charge in [-0.05, 0) is 18.4 Å². The van der Waals surface area contributed by atoms with E-state index in [1.807, 2.05) is 30.3 Å². The van der Waals surface area contributed by atoms with Gasteiger partial charge in [0.2, 0.25) is 0 Å². The average molecular weight is 262 g/mol. The van der Waals surface area contributed by atoms with Gasteiger partial charge in [0.25, 0.3) is 0 Å². The molecule has 1 fully saturated rings. The Bertz CT molecular complexity index is 427. The van der Waals surface area contributed by atoms with E-state index in [1.165, 1.54) is 0 Å². The molecule has 1 heterocycles. The van der Waals surface area contributed by atoms with Crippen molar-refractivity contribution in [3.8, 4) is 0 Å². The molecular weight excluding hydrogens is 244 g/mol. The van der Waals surface area contributed by atoms with E-state index in [0.717, 1.165) is 5.56 Å². The molecule has 0 aromatic heterocycles. The summed E-state index contributed by atoms with van der Waals surface area (Å²) in [5, 5.41) is 0. The van der Waals surface area contributed by atoms with E-state index in [9.17, 15) is 9.59 Å². The standard InChI is InChI=1S/C15H18O4/c16-14-7-4-9-18-10-8-13(14)15(17)19-11-12-5-2-1-3-6-12/h1-3,5-6,13H,4,7-11H2. The molecule has 0 amide bonds. The molecule has 0 saturated carbocycles. The fourth-order valence-electron chi connectivity index (χ4n) is 2.07. The van der Waals surface area contributed by atoms with Crippen LogP contribution in [0.4, 0.5) is 0 Å². The fourth-order valence-corrected chi connectivity index (χ4v) is 2.07. The summed E-state index contributed by atoms with van der Waals surface area (Å²) in [5.41, 5.74) is 0.922. The van der Waals surface area contributed by atoms with E-state index in [0.29, 0.717) is 32.5 Å². The number of benzene rings is 1. The second-order valence-corrected chi connectivity index (χ2v) is 4.62. The molecule has 1 aromatic rings. The first-order chi connectivity index (χ1) is 9.27. The van der Waals surface area contributed by atoms with Crippen molar-refractivity contribution in [1.29, 1.82) is 0 Å². The Kier molecular flexibility index (Phi) is 5.10. The Hall–Kier alpha value is -1.68. The van der Waals surface area contributed by atoms with E-state index in [2.05, 4.69) is 0 Å². The Labute approximate surface area is 112 Å². The Morgan fingerprint density at radius 3 is 2.84 bits per heavy atom. The van der Waals surface area contributed by atoms with E-state index >= 15 is 0 Å². The topological polar surface area (TPSA) is 52.6 Å². The molecule has 1 aliphatic rings. The maximum absolute atomic E-state index is 11.9. The lowest BCUT2D eigenvalue weighted by Gasteiger charge is -2.17. The summed E-state index contributed by atoms with van der Waals surface area (Å²) >= 11 is 0. The maximum atomic E-state index is 11.9. The van der Waals surface area contributed by atoms with Crippen molar-refractivity contribution in [3.63, 3.8) is 0 Å². The van der Waals surface area contributed by atoms with E-state index < -0.39 is 11.9 Å². The zero-order valence-electron chi connectivity index (χ0n) is 10.8. The van der Waals surface area contributed by atoms with Crippen molar-refractivity contribution in [2.24, 2.45) is 5.92 Å². The van der Waals surface area contributed by atoms with Crippen molar-refractivity contribution < 1.29 is 19.1 Å². The molecule has 1 unspecified atom stereocenters. The first-order valence-corrected chi connectivity index (χ1v) is 6.58. The van der Waals surface area contributed by atoms with Crippen LogP contribution in [0.15, 0.2) is 30.3 Å². The quantitative estimate of drug-likeness (QED) is 0.618. The second kappa shape index (κ2) is 7.04. The van der Waals surface area contributed by atoms with Gasteiger partial charge in [-0.1, -0.05) is 30.3 Å². The van der Waals surface area contributed by atoms with Gasteiger partial charge in [0.05, 0.1) is 0 Å². The molecule has 1 saturated heterocycles. The van der Waals surface area contributed by atoms with Crippen LogP contribution in [0.25, 0.3) is 0 Å². The predicted octanol–water partition coefficient (Wildman–Crippen LogP) is 2.12. The summed E-state index contributed by atoms with van der Waals surface area (Å²) in [6.07, 6.45) is 1.50. The molecule has 1 aromatic carbocycles. The maximum Gasteiger partial charge on any atom is 0.316 e. The number of hydrogen-bond acceptors (Lipinski definition) is 4. The lowest BCUT2D eigenvalue weighted by atomic mass is 9.96. The molecule has 2 rings (SSSR count). The monoisotopic (exact) mass is 262 g/mol. The highest BCUT2D eigenvalue weighted by atomic mass is 16.5. The Balaban J connectivity index is 1.88. The van der Waals surface area contributed by atoms with Crippen LogP contribution in [0, 0.1) is 5.92 Å². The second-order valence-electron chi connectivity index (χ2n) is 4.62. The fraction of sp³-hybridized carbons (Fsp3) is 0.467. The minimum Gasteiger partial charge on any atom is -0.460 e. The first-order valence-electron chi connectivity index (χ1n) is 6.58. The number of hydrogen-bond donors (Lipinski definition) is 0. The molecule has 102 valence electrons. The van der Waals surface area contributed by atoms with Gasteiger partial charge in [-0.2, -0.15) is 0 Å². The molecule has 0 radical (unpaired) electrons. The molecule has 0 spiro atoms. The summed E-state index contributed by atoms with van der Waals surface area (Å²) < 4.78 is 10.5. The number of carbonyl (C=O) groups excluding carboxylic acids is 2. The minimum absolute atomic E-state index is 0.0265. The van der Waals surface area contributed by atoms with Gasteiger partial charge in [0, 0.05) is 19.6 Å². The number of rotatable bonds is 3. The Morgan fingerprint density at radius 1 is 1.26 bits per heavy atom. The zero-order valence-corrected chi connectivity index (χ0v) is 10.8. The number of Topliss-reactive ketones (excluding diaryl/α,β-unsaturated/α-hetero) is 1. The van der Waals surface area contributed by atoms with Crippen molar-refractivity contribution in [2.45, 2.75) is 25.9 Å². The van der Waals surface area contributed by atoms with Crippen LogP contribution in [0.2, 0.25) is 0 Å².